The number of carbonyl (C=O) groups excluding carboxylic acids is 3. The fourth-order valence-corrected chi connectivity index (χ4v) is 7.50. The van der Waals surface area contributed by atoms with Gasteiger partial charge >= 0.3 is 19.8 Å². The molecular formula is C46H79O13P. The summed E-state index contributed by atoms with van der Waals surface area (Å²) < 4.78 is 32.7. The topological polar surface area (TPSA) is 206 Å². The molecule has 0 aromatic carbocycles. The van der Waals surface area contributed by atoms with Crippen molar-refractivity contribution in [3.8, 4) is 0 Å². The van der Waals surface area contributed by atoms with Crippen molar-refractivity contribution in [2.45, 2.75) is 186 Å². The summed E-state index contributed by atoms with van der Waals surface area (Å²) in [5.74, 6) is -1.93. The van der Waals surface area contributed by atoms with Crippen LogP contribution in [0.3, 0.4) is 0 Å². The van der Waals surface area contributed by atoms with E-state index in [1.807, 2.05) is 12.2 Å². The molecular weight excluding hydrogens is 791 g/mol. The Labute approximate surface area is 360 Å². The maximum atomic E-state index is 12.7. The van der Waals surface area contributed by atoms with E-state index in [0.29, 0.717) is 32.1 Å². The van der Waals surface area contributed by atoms with Crippen molar-refractivity contribution in [1.82, 2.24) is 0 Å². The number of ketones is 1. The van der Waals surface area contributed by atoms with Crippen molar-refractivity contribution >= 4 is 25.5 Å². The predicted octanol–water partition coefficient (Wildman–Crippen LogP) is 8.70. The Kier molecular flexibility index (Phi) is 33.4. The number of carbonyl (C=O) groups is 3. The van der Waals surface area contributed by atoms with Crippen LogP contribution in [0.15, 0.2) is 48.6 Å². The fourth-order valence-electron chi connectivity index (χ4n) is 6.71. The number of allylic oxidation sites excluding steroid dienone is 6. The number of phosphoric ester groups is 1. The molecule has 5 N–H and O–H groups in total. The molecule has 7 atom stereocenters. The average molecular weight is 871 g/mol. The number of hydrogen-bond donors (Lipinski definition) is 5. The second-order valence-corrected chi connectivity index (χ2v) is 17.3. The van der Waals surface area contributed by atoms with Gasteiger partial charge in [0.25, 0.3) is 0 Å². The third-order valence-electron chi connectivity index (χ3n) is 10.3. The van der Waals surface area contributed by atoms with E-state index >= 15 is 0 Å². The molecule has 0 heterocycles. The molecule has 1 unspecified atom stereocenters. The number of unbranched alkanes of at least 4 members (excludes halogenated alkanes) is 13. The highest BCUT2D eigenvalue weighted by Gasteiger charge is 2.39. The number of ether oxygens (including phenoxy) is 2. The Hall–Kier alpha value is -2.48. The van der Waals surface area contributed by atoms with Crippen LogP contribution in [-0.2, 0) is 37.5 Å². The van der Waals surface area contributed by atoms with Gasteiger partial charge in [-0.3, -0.25) is 23.4 Å². The van der Waals surface area contributed by atoms with Crippen molar-refractivity contribution in [3.05, 3.63) is 48.6 Å². The van der Waals surface area contributed by atoms with Gasteiger partial charge in [0, 0.05) is 31.1 Å². The lowest BCUT2D eigenvalue weighted by Gasteiger charge is -2.20. The van der Waals surface area contributed by atoms with Gasteiger partial charge in [-0.2, -0.15) is 0 Å². The molecule has 0 amide bonds. The van der Waals surface area contributed by atoms with Crippen LogP contribution >= 0.6 is 7.82 Å². The second-order valence-electron chi connectivity index (χ2n) is 15.8. The van der Waals surface area contributed by atoms with Crippen LogP contribution in [0.2, 0.25) is 0 Å². The van der Waals surface area contributed by atoms with E-state index in [-0.39, 0.29) is 31.0 Å². The molecule has 346 valence electrons. The van der Waals surface area contributed by atoms with E-state index in [9.17, 15) is 39.2 Å². The number of Topliss-reactive ketones (excluding diaryl/α,β-unsaturated/α-hetero) is 1. The van der Waals surface area contributed by atoms with Gasteiger partial charge in [-0.25, -0.2) is 4.57 Å². The molecule has 60 heavy (non-hydrogen) atoms. The van der Waals surface area contributed by atoms with Gasteiger partial charge in [0.15, 0.2) is 6.10 Å². The maximum Gasteiger partial charge on any atom is 0.472 e. The minimum absolute atomic E-state index is 0.0132. The quantitative estimate of drug-likeness (QED) is 0.0171. The summed E-state index contributed by atoms with van der Waals surface area (Å²) in [7, 11) is -4.70. The predicted molar refractivity (Wildman–Crippen MR) is 234 cm³/mol. The van der Waals surface area contributed by atoms with Crippen LogP contribution in [0.25, 0.3) is 0 Å². The number of hydrogen-bond acceptors (Lipinski definition) is 12. The molecule has 1 saturated carbocycles. The second kappa shape index (κ2) is 36.0. The SMILES string of the molecule is CCCCC/C=C\C/C=C\CCCCCCCCCC(=O)OC[C@H](COP(=O)(O)OC[C@@H](O)CO)OC(=O)CCC/C=C\C[C@H]1C(=O)C[C@@H](O)[C@@H]1/C=C/[C@@H](O)CCCCC. The molecule has 1 aliphatic rings. The minimum Gasteiger partial charge on any atom is -0.462 e. The molecule has 14 heteroatoms. The minimum atomic E-state index is -4.70. The highest BCUT2D eigenvalue weighted by molar-refractivity contribution is 7.47. The molecule has 0 aliphatic heterocycles. The zero-order chi connectivity index (χ0) is 44.3. The van der Waals surface area contributed by atoms with Gasteiger partial charge in [-0.15, -0.1) is 0 Å². The molecule has 0 radical (unpaired) electrons. The molecule has 0 aromatic heterocycles. The van der Waals surface area contributed by atoms with Crippen molar-refractivity contribution in [3.63, 3.8) is 0 Å². The number of aliphatic hydroxyl groups is 4. The summed E-state index contributed by atoms with van der Waals surface area (Å²) in [6.45, 7) is 1.93. The standard InChI is InChI=1S/C46H79O13P/c1-3-5-7-8-9-10-11-12-13-14-15-16-17-18-19-20-25-29-45(52)56-36-40(37-58-60(54,55)57-35-39(49)34-47)59-46(53)30-26-22-21-24-28-41-42(44(51)33-43(41)50)32-31-38(48)27-23-6-4-2/h9-10,12-13,21,24,31-32,38-42,44,47-49,51H,3-8,11,14-20,22-23,25-30,33-37H2,1-2H3,(H,54,55)/b10-9-,13-12-,24-21-,32-31+/t38-,39-,40+,41+,42+,44+/m0/s1. The van der Waals surface area contributed by atoms with Crippen LogP contribution in [0.1, 0.15) is 162 Å². The number of esters is 2. The highest BCUT2D eigenvalue weighted by Crippen LogP contribution is 2.43. The molecule has 1 aliphatic carbocycles. The lowest BCUT2D eigenvalue weighted by Crippen LogP contribution is -2.29. The monoisotopic (exact) mass is 871 g/mol. The van der Waals surface area contributed by atoms with Crippen LogP contribution in [0.4, 0.5) is 0 Å². The van der Waals surface area contributed by atoms with E-state index in [1.54, 1.807) is 12.2 Å². The molecule has 1 fully saturated rings. The number of phosphoric acid groups is 1. The van der Waals surface area contributed by atoms with Crippen LogP contribution in [0, 0.1) is 11.8 Å². The van der Waals surface area contributed by atoms with Gasteiger partial charge in [0.2, 0.25) is 0 Å². The van der Waals surface area contributed by atoms with E-state index < -0.39 is 76.5 Å². The van der Waals surface area contributed by atoms with Crippen LogP contribution in [0.5, 0.6) is 0 Å². The zero-order valence-corrected chi connectivity index (χ0v) is 37.5. The normalized spacial score (nSPS) is 19.8. The summed E-state index contributed by atoms with van der Waals surface area (Å²) in [5, 5.41) is 39.1. The van der Waals surface area contributed by atoms with Crippen LogP contribution in [-0.4, -0.2) is 93.9 Å². The highest BCUT2D eigenvalue weighted by atomic mass is 31.2. The first-order valence-electron chi connectivity index (χ1n) is 22.7. The van der Waals surface area contributed by atoms with E-state index in [1.165, 1.54) is 38.5 Å². The van der Waals surface area contributed by atoms with Crippen molar-refractivity contribution in [2.24, 2.45) is 11.8 Å². The van der Waals surface area contributed by atoms with Gasteiger partial charge in [0.05, 0.1) is 32.0 Å². The Morgan fingerprint density at radius 2 is 1.33 bits per heavy atom. The summed E-state index contributed by atoms with van der Waals surface area (Å²) in [6.07, 6.45) is 31.5. The fraction of sp³-hybridized carbons (Fsp3) is 0.761. The van der Waals surface area contributed by atoms with E-state index in [0.717, 1.165) is 57.8 Å². The summed E-state index contributed by atoms with van der Waals surface area (Å²) in [6, 6.07) is 0. The molecule has 1 rings (SSSR count). The largest absolute Gasteiger partial charge is 0.472 e. The molecule has 0 aromatic rings. The molecule has 13 nitrogen and oxygen atoms in total. The van der Waals surface area contributed by atoms with E-state index in [4.69, 9.17) is 19.1 Å². The third-order valence-corrected chi connectivity index (χ3v) is 11.3. The van der Waals surface area contributed by atoms with Crippen LogP contribution < -0.4 is 0 Å². The first kappa shape index (κ1) is 55.5. The molecule has 0 spiro atoms. The summed E-state index contributed by atoms with van der Waals surface area (Å²) in [4.78, 5) is 47.8. The van der Waals surface area contributed by atoms with E-state index in [2.05, 4.69) is 42.7 Å². The Morgan fingerprint density at radius 3 is 2.02 bits per heavy atom. The Morgan fingerprint density at radius 1 is 0.750 bits per heavy atom. The van der Waals surface area contributed by atoms with Gasteiger partial charge in [0.1, 0.15) is 18.5 Å². The first-order valence-corrected chi connectivity index (χ1v) is 24.2. The van der Waals surface area contributed by atoms with Crippen molar-refractivity contribution in [1.29, 1.82) is 0 Å². The van der Waals surface area contributed by atoms with Crippen molar-refractivity contribution < 1.29 is 62.8 Å². The van der Waals surface area contributed by atoms with Gasteiger partial charge < -0.3 is 34.8 Å². The maximum absolute atomic E-state index is 12.7. The number of aliphatic hydroxyl groups excluding tert-OH is 4. The zero-order valence-electron chi connectivity index (χ0n) is 36.6. The average Bonchev–Trinajstić information content (AvgIpc) is 3.49. The Bertz CT molecular complexity index is 1300. The van der Waals surface area contributed by atoms with Crippen molar-refractivity contribution in [2.75, 3.05) is 26.4 Å². The smallest absolute Gasteiger partial charge is 0.462 e. The molecule has 0 bridgehead atoms. The van der Waals surface area contributed by atoms with Gasteiger partial charge in [-0.05, 0) is 64.2 Å². The molecule has 0 saturated heterocycles. The van der Waals surface area contributed by atoms with Gasteiger partial charge in [-0.1, -0.05) is 127 Å². The Balaban J connectivity index is 2.46. The third kappa shape index (κ3) is 29.7. The summed E-state index contributed by atoms with van der Waals surface area (Å²) in [5.41, 5.74) is 0. The number of rotatable bonds is 38. The lowest BCUT2D eigenvalue weighted by atomic mass is 9.90. The summed E-state index contributed by atoms with van der Waals surface area (Å²) >= 11 is 0. The lowest BCUT2D eigenvalue weighted by molar-refractivity contribution is -0.161. The first-order chi connectivity index (χ1) is 28.9.